The van der Waals surface area contributed by atoms with Crippen molar-refractivity contribution in [2.45, 2.75) is 6.92 Å². The molecule has 0 saturated heterocycles. The standard InChI is InChI=1S/C15H12F2N2O3/c1-2-22-15(21)9-5-6-18-13(7-9)19-14(20)11-8-10(16)3-4-12(11)17/h3-8H,2H2,1H3,(H,18,19,20). The highest BCUT2D eigenvalue weighted by atomic mass is 19.1. The van der Waals surface area contributed by atoms with Crippen LogP contribution in [0.3, 0.4) is 0 Å². The summed E-state index contributed by atoms with van der Waals surface area (Å²) < 4.78 is 31.4. The Hall–Kier alpha value is -2.83. The van der Waals surface area contributed by atoms with Gasteiger partial charge in [-0.2, -0.15) is 0 Å². The van der Waals surface area contributed by atoms with E-state index in [0.717, 1.165) is 18.2 Å². The number of benzene rings is 1. The van der Waals surface area contributed by atoms with E-state index in [0.29, 0.717) is 0 Å². The molecule has 0 bridgehead atoms. The number of halogens is 2. The number of esters is 1. The Bertz CT molecular complexity index is 720. The Morgan fingerprint density at radius 3 is 2.73 bits per heavy atom. The fourth-order valence-corrected chi connectivity index (χ4v) is 1.70. The normalized spacial score (nSPS) is 10.1. The average Bonchev–Trinajstić information content (AvgIpc) is 2.50. The van der Waals surface area contributed by atoms with Gasteiger partial charge in [0.25, 0.3) is 5.91 Å². The number of amides is 1. The highest BCUT2D eigenvalue weighted by molar-refractivity contribution is 6.04. The summed E-state index contributed by atoms with van der Waals surface area (Å²) in [6.45, 7) is 1.87. The lowest BCUT2D eigenvalue weighted by Gasteiger charge is -2.07. The van der Waals surface area contributed by atoms with Gasteiger partial charge in [0.15, 0.2) is 0 Å². The lowest BCUT2D eigenvalue weighted by atomic mass is 10.2. The Morgan fingerprint density at radius 2 is 2.00 bits per heavy atom. The summed E-state index contributed by atoms with van der Waals surface area (Å²) in [5.41, 5.74) is -0.268. The molecule has 0 aliphatic rings. The third-order valence-electron chi connectivity index (χ3n) is 2.69. The molecule has 1 heterocycles. The molecule has 0 spiro atoms. The second-order valence-corrected chi connectivity index (χ2v) is 4.23. The molecule has 1 aromatic carbocycles. The number of carbonyl (C=O) groups is 2. The quantitative estimate of drug-likeness (QED) is 0.882. The number of nitrogens with one attached hydrogen (secondary N) is 1. The van der Waals surface area contributed by atoms with Crippen molar-refractivity contribution in [2.75, 3.05) is 11.9 Å². The molecule has 1 amide bonds. The molecular weight excluding hydrogens is 294 g/mol. The van der Waals surface area contributed by atoms with E-state index in [1.807, 2.05) is 0 Å². The van der Waals surface area contributed by atoms with E-state index >= 15 is 0 Å². The fourth-order valence-electron chi connectivity index (χ4n) is 1.70. The lowest BCUT2D eigenvalue weighted by Crippen LogP contribution is -2.15. The van der Waals surface area contributed by atoms with Crippen molar-refractivity contribution in [2.24, 2.45) is 0 Å². The van der Waals surface area contributed by atoms with Crippen LogP contribution in [0.2, 0.25) is 0 Å². The number of hydrogen-bond acceptors (Lipinski definition) is 4. The largest absolute Gasteiger partial charge is 0.462 e. The van der Waals surface area contributed by atoms with Crippen molar-refractivity contribution in [3.05, 3.63) is 59.3 Å². The minimum Gasteiger partial charge on any atom is -0.462 e. The van der Waals surface area contributed by atoms with E-state index in [1.54, 1.807) is 6.92 Å². The van der Waals surface area contributed by atoms with E-state index in [9.17, 15) is 18.4 Å². The SMILES string of the molecule is CCOC(=O)c1ccnc(NC(=O)c2cc(F)ccc2F)c1. The third kappa shape index (κ3) is 3.63. The van der Waals surface area contributed by atoms with Crippen molar-refractivity contribution < 1.29 is 23.1 Å². The van der Waals surface area contributed by atoms with E-state index in [2.05, 4.69) is 10.3 Å². The topological polar surface area (TPSA) is 68.3 Å². The first kappa shape index (κ1) is 15.6. The number of anilines is 1. The van der Waals surface area contributed by atoms with Crippen molar-refractivity contribution in [1.82, 2.24) is 4.98 Å². The number of ether oxygens (including phenoxy) is 1. The van der Waals surface area contributed by atoms with Crippen LogP contribution in [0.5, 0.6) is 0 Å². The molecule has 5 nitrogen and oxygen atoms in total. The monoisotopic (exact) mass is 306 g/mol. The summed E-state index contributed by atoms with van der Waals surface area (Å²) >= 11 is 0. The van der Waals surface area contributed by atoms with Crippen LogP contribution in [-0.4, -0.2) is 23.5 Å². The smallest absolute Gasteiger partial charge is 0.338 e. The van der Waals surface area contributed by atoms with E-state index in [1.165, 1.54) is 18.3 Å². The van der Waals surface area contributed by atoms with Gasteiger partial charge in [0.1, 0.15) is 17.5 Å². The lowest BCUT2D eigenvalue weighted by molar-refractivity contribution is 0.0526. The Kier molecular flexibility index (Phi) is 4.77. The second-order valence-electron chi connectivity index (χ2n) is 4.23. The van der Waals surface area contributed by atoms with Crippen LogP contribution in [-0.2, 0) is 4.74 Å². The zero-order valence-corrected chi connectivity index (χ0v) is 11.6. The first-order valence-corrected chi connectivity index (χ1v) is 6.41. The van der Waals surface area contributed by atoms with Crippen molar-refractivity contribution in [3.8, 4) is 0 Å². The molecule has 114 valence electrons. The van der Waals surface area contributed by atoms with Gasteiger partial charge < -0.3 is 10.1 Å². The molecule has 2 aromatic rings. The number of pyridine rings is 1. The number of hydrogen-bond donors (Lipinski definition) is 1. The summed E-state index contributed by atoms with van der Waals surface area (Å²) in [5, 5.41) is 2.30. The van der Waals surface area contributed by atoms with Gasteiger partial charge in [-0.1, -0.05) is 0 Å². The molecule has 1 aromatic heterocycles. The third-order valence-corrected chi connectivity index (χ3v) is 2.69. The summed E-state index contributed by atoms with van der Waals surface area (Å²) in [5.74, 6) is -3.01. The summed E-state index contributed by atoms with van der Waals surface area (Å²) in [7, 11) is 0. The van der Waals surface area contributed by atoms with Crippen LogP contribution in [0.1, 0.15) is 27.6 Å². The number of rotatable bonds is 4. The van der Waals surface area contributed by atoms with Crippen LogP contribution in [0.15, 0.2) is 36.5 Å². The molecule has 1 N–H and O–H groups in total. The van der Waals surface area contributed by atoms with E-state index in [4.69, 9.17) is 4.74 Å². The van der Waals surface area contributed by atoms with Crippen LogP contribution < -0.4 is 5.32 Å². The summed E-state index contributed by atoms with van der Waals surface area (Å²) in [4.78, 5) is 27.3. The van der Waals surface area contributed by atoms with Gasteiger partial charge in [0.05, 0.1) is 17.7 Å². The Labute approximate surface area is 124 Å². The van der Waals surface area contributed by atoms with Crippen molar-refractivity contribution >= 4 is 17.7 Å². The molecule has 7 heteroatoms. The molecule has 0 fully saturated rings. The van der Waals surface area contributed by atoms with E-state index < -0.39 is 29.1 Å². The van der Waals surface area contributed by atoms with Crippen molar-refractivity contribution in [3.63, 3.8) is 0 Å². The zero-order chi connectivity index (χ0) is 16.1. The second kappa shape index (κ2) is 6.75. The maximum absolute atomic E-state index is 13.5. The average molecular weight is 306 g/mol. The molecule has 0 saturated carbocycles. The Morgan fingerprint density at radius 1 is 1.23 bits per heavy atom. The first-order valence-electron chi connectivity index (χ1n) is 6.41. The maximum atomic E-state index is 13.5. The number of carbonyl (C=O) groups excluding carboxylic acids is 2. The van der Waals surface area contributed by atoms with Crippen LogP contribution in [0.4, 0.5) is 14.6 Å². The van der Waals surface area contributed by atoms with Crippen LogP contribution in [0.25, 0.3) is 0 Å². The predicted molar refractivity (Wildman–Crippen MR) is 74.5 cm³/mol. The molecule has 0 aliphatic carbocycles. The van der Waals surface area contributed by atoms with Crippen molar-refractivity contribution in [1.29, 1.82) is 0 Å². The predicted octanol–water partition coefficient (Wildman–Crippen LogP) is 2.79. The molecule has 0 atom stereocenters. The molecule has 2 rings (SSSR count). The molecule has 0 unspecified atom stereocenters. The minimum atomic E-state index is -0.870. The van der Waals surface area contributed by atoms with Gasteiger partial charge in [0, 0.05) is 6.20 Å². The van der Waals surface area contributed by atoms with Gasteiger partial charge in [-0.15, -0.1) is 0 Å². The van der Waals surface area contributed by atoms with Crippen LogP contribution in [0, 0.1) is 11.6 Å². The van der Waals surface area contributed by atoms with Gasteiger partial charge in [-0.25, -0.2) is 18.6 Å². The van der Waals surface area contributed by atoms with E-state index in [-0.39, 0.29) is 18.0 Å². The fraction of sp³-hybridized carbons (Fsp3) is 0.133. The molecular formula is C15H12F2N2O3. The highest BCUT2D eigenvalue weighted by Gasteiger charge is 2.15. The molecule has 0 aliphatic heterocycles. The van der Waals surface area contributed by atoms with Gasteiger partial charge >= 0.3 is 5.97 Å². The number of aromatic nitrogens is 1. The van der Waals surface area contributed by atoms with Gasteiger partial charge in [0.2, 0.25) is 0 Å². The molecule has 0 radical (unpaired) electrons. The zero-order valence-electron chi connectivity index (χ0n) is 11.6. The van der Waals surface area contributed by atoms with Gasteiger partial charge in [-0.3, -0.25) is 4.79 Å². The Balaban J connectivity index is 2.20. The molecule has 22 heavy (non-hydrogen) atoms. The van der Waals surface area contributed by atoms with Gasteiger partial charge in [-0.05, 0) is 37.3 Å². The maximum Gasteiger partial charge on any atom is 0.338 e. The first-order chi connectivity index (χ1) is 10.5. The summed E-state index contributed by atoms with van der Waals surface area (Å²) in [6.07, 6.45) is 1.30. The minimum absolute atomic E-state index is 0.0271. The van der Waals surface area contributed by atoms with Crippen LogP contribution >= 0.6 is 0 Å². The highest BCUT2D eigenvalue weighted by Crippen LogP contribution is 2.13. The number of nitrogens with zero attached hydrogens (tertiary/aromatic N) is 1. The summed E-state index contributed by atoms with van der Waals surface area (Å²) in [6, 6.07) is 5.24.